The summed E-state index contributed by atoms with van der Waals surface area (Å²) < 4.78 is 62.6. The maximum atomic E-state index is 12.2. The molecule has 1 aromatic rings. The first-order valence-electron chi connectivity index (χ1n) is 5.10. The van der Waals surface area contributed by atoms with Crippen molar-refractivity contribution in [3.63, 3.8) is 0 Å². The van der Waals surface area contributed by atoms with Crippen molar-refractivity contribution in [1.82, 2.24) is 0 Å². The zero-order valence-corrected chi connectivity index (χ0v) is 13.5. The van der Waals surface area contributed by atoms with E-state index in [1.807, 2.05) is 0 Å². The van der Waals surface area contributed by atoms with Crippen molar-refractivity contribution < 1.29 is 46.8 Å². The van der Waals surface area contributed by atoms with Crippen molar-refractivity contribution in [2.75, 3.05) is 18.0 Å². The van der Waals surface area contributed by atoms with Crippen LogP contribution in [0.15, 0.2) is 29.3 Å². The van der Waals surface area contributed by atoms with Crippen molar-refractivity contribution in [2.45, 2.75) is 5.51 Å². The molecule has 0 amide bonds. The average Bonchev–Trinajstić information content (AvgIpc) is 2.76. The molecule has 0 bridgehead atoms. The summed E-state index contributed by atoms with van der Waals surface area (Å²) in [6.45, 7) is 0.397. The van der Waals surface area contributed by atoms with E-state index in [2.05, 4.69) is 15.2 Å². The number of hydrogen-bond acceptors (Lipinski definition) is 5. The fraction of sp³-hybridized carbons (Fsp3) is 0.300. The number of nitrogens with zero attached hydrogens (tertiary/aromatic N) is 2. The summed E-state index contributed by atoms with van der Waals surface area (Å²) in [5.74, 6) is 0. The fourth-order valence-electron chi connectivity index (χ4n) is 1.44. The van der Waals surface area contributed by atoms with E-state index in [1.54, 1.807) is 24.3 Å². The number of aliphatic imine (C=N–C) groups is 1. The second-order valence-corrected chi connectivity index (χ2v) is 5.10. The summed E-state index contributed by atoms with van der Waals surface area (Å²) in [6.07, 6.45) is 0. The van der Waals surface area contributed by atoms with E-state index in [1.165, 1.54) is 4.90 Å². The second kappa shape index (κ2) is 6.13. The molecule has 0 radical (unpaired) electrons. The van der Waals surface area contributed by atoms with Crippen molar-refractivity contribution in [1.29, 1.82) is 0 Å². The maximum Gasteiger partial charge on any atom is 0.534 e. The van der Waals surface area contributed by atoms with Crippen LogP contribution >= 0.6 is 0 Å². The maximum absolute atomic E-state index is 12.2. The van der Waals surface area contributed by atoms with Crippen LogP contribution in [-0.2, 0) is 35.4 Å². The molecule has 1 aromatic carbocycles. The van der Waals surface area contributed by atoms with E-state index in [4.69, 9.17) is 0 Å². The average molecular weight is 477 g/mol. The second-order valence-electron chi connectivity index (χ2n) is 3.56. The summed E-state index contributed by atoms with van der Waals surface area (Å²) in [6, 6.07) is 8.37. The van der Waals surface area contributed by atoms with Gasteiger partial charge in [-0.15, -0.1) is 12.1 Å². The molecule has 5 nitrogen and oxygen atoms in total. The van der Waals surface area contributed by atoms with Crippen molar-refractivity contribution >= 4 is 21.8 Å². The molecular weight excluding hydrogens is 469 g/mol. The minimum absolute atomic E-state index is 0. The number of halogens is 3. The van der Waals surface area contributed by atoms with Crippen LogP contribution in [0.5, 0.6) is 0 Å². The molecular formula is C10H8F3N2O3SW-. The fourth-order valence-corrected chi connectivity index (χ4v) is 1.87. The summed E-state index contributed by atoms with van der Waals surface area (Å²) in [4.78, 5) is 4.87. The molecule has 0 atom stereocenters. The Kier molecular flexibility index (Phi) is 5.20. The van der Waals surface area contributed by atoms with Crippen LogP contribution in [0.1, 0.15) is 0 Å². The SMILES string of the molecule is O=S(=O)(OC1=NCCN1c1cc[c-]cc1)C(F)(F)F.[W]. The van der Waals surface area contributed by atoms with E-state index >= 15 is 0 Å². The van der Waals surface area contributed by atoms with Gasteiger partial charge in [-0.3, -0.25) is 0 Å². The molecule has 0 aliphatic carbocycles. The standard InChI is InChI=1S/C10H8F3N2O3S.W/c11-10(12,13)19(16,17)18-9-14-6-7-15(9)8-4-2-1-3-5-8;/h2-5H,6-7H2;/q-1;. The Morgan fingerprint density at radius 1 is 1.30 bits per heavy atom. The summed E-state index contributed by atoms with van der Waals surface area (Å²) in [5, 5.41) is 0. The molecule has 1 heterocycles. The van der Waals surface area contributed by atoms with Crippen LogP contribution in [-0.4, -0.2) is 33.0 Å². The Morgan fingerprint density at radius 3 is 2.45 bits per heavy atom. The minimum Gasteiger partial charge on any atom is -0.339 e. The van der Waals surface area contributed by atoms with Gasteiger partial charge in [0.25, 0.3) is 0 Å². The molecule has 2 rings (SSSR count). The number of benzene rings is 1. The molecule has 0 saturated heterocycles. The molecule has 20 heavy (non-hydrogen) atoms. The quantitative estimate of drug-likeness (QED) is 0.369. The van der Waals surface area contributed by atoms with Gasteiger partial charge in [0.05, 0.1) is 6.54 Å². The molecule has 0 spiro atoms. The largest absolute Gasteiger partial charge is 0.534 e. The van der Waals surface area contributed by atoms with Gasteiger partial charge in [0, 0.05) is 27.6 Å². The number of amidine groups is 1. The Hall–Kier alpha value is -1.08. The third-order valence-electron chi connectivity index (χ3n) is 2.28. The molecule has 10 heteroatoms. The van der Waals surface area contributed by atoms with E-state index < -0.39 is 21.6 Å². The van der Waals surface area contributed by atoms with Crippen LogP contribution in [0, 0.1) is 6.07 Å². The van der Waals surface area contributed by atoms with Crippen molar-refractivity contribution in [2.24, 2.45) is 4.99 Å². The van der Waals surface area contributed by atoms with Crippen LogP contribution in [0.2, 0.25) is 0 Å². The minimum atomic E-state index is -5.70. The predicted octanol–water partition coefficient (Wildman–Crippen LogP) is 1.53. The number of rotatable bonds is 2. The van der Waals surface area contributed by atoms with Crippen LogP contribution in [0.25, 0.3) is 0 Å². The number of hydrogen-bond donors (Lipinski definition) is 0. The van der Waals surface area contributed by atoms with Gasteiger partial charge >= 0.3 is 21.6 Å². The van der Waals surface area contributed by atoms with E-state index in [9.17, 15) is 21.6 Å². The topological polar surface area (TPSA) is 59.0 Å². The van der Waals surface area contributed by atoms with Crippen LogP contribution < -0.4 is 4.90 Å². The van der Waals surface area contributed by atoms with Gasteiger partial charge in [0.1, 0.15) is 0 Å². The molecule has 0 aromatic heterocycles. The third-order valence-corrected chi connectivity index (χ3v) is 3.22. The van der Waals surface area contributed by atoms with Gasteiger partial charge in [-0.2, -0.15) is 39.8 Å². The Bertz CT molecular complexity index is 590. The smallest absolute Gasteiger partial charge is 0.339 e. The Morgan fingerprint density at radius 2 is 1.90 bits per heavy atom. The first kappa shape index (κ1) is 17.0. The first-order chi connectivity index (χ1) is 8.81. The third kappa shape index (κ3) is 3.52. The van der Waals surface area contributed by atoms with Gasteiger partial charge in [-0.1, -0.05) is 5.69 Å². The van der Waals surface area contributed by atoms with Crippen molar-refractivity contribution in [3.05, 3.63) is 30.3 Å². The summed E-state index contributed by atoms with van der Waals surface area (Å²) in [5.41, 5.74) is -5.00. The zero-order chi connectivity index (χ0) is 14.1. The summed E-state index contributed by atoms with van der Waals surface area (Å²) in [7, 11) is -5.70. The number of anilines is 1. The van der Waals surface area contributed by atoms with E-state index in [0.29, 0.717) is 5.69 Å². The Balaban J connectivity index is 0.00000200. The van der Waals surface area contributed by atoms with Gasteiger partial charge in [0.2, 0.25) is 0 Å². The normalized spacial score (nSPS) is 15.6. The van der Waals surface area contributed by atoms with Crippen LogP contribution in [0.3, 0.4) is 0 Å². The molecule has 1 aliphatic rings. The van der Waals surface area contributed by atoms with Gasteiger partial charge in [-0.25, -0.2) is 4.99 Å². The molecule has 0 fully saturated rings. The monoisotopic (exact) mass is 477 g/mol. The summed E-state index contributed by atoms with van der Waals surface area (Å²) >= 11 is 0. The van der Waals surface area contributed by atoms with Gasteiger partial charge in [0.15, 0.2) is 0 Å². The molecule has 0 saturated carbocycles. The van der Waals surface area contributed by atoms with Crippen LogP contribution in [0.4, 0.5) is 18.9 Å². The molecule has 0 N–H and O–H groups in total. The van der Waals surface area contributed by atoms with Crippen molar-refractivity contribution in [3.8, 4) is 0 Å². The van der Waals surface area contributed by atoms with Gasteiger partial charge in [-0.05, 0) is 0 Å². The molecule has 0 unspecified atom stereocenters. The van der Waals surface area contributed by atoms with E-state index in [0.717, 1.165) is 0 Å². The Labute approximate surface area is 127 Å². The van der Waals surface area contributed by atoms with Gasteiger partial charge < -0.3 is 9.08 Å². The van der Waals surface area contributed by atoms with E-state index in [-0.39, 0.29) is 34.2 Å². The number of alkyl halides is 3. The molecule has 110 valence electrons. The zero-order valence-electron chi connectivity index (χ0n) is 9.79. The first-order valence-corrected chi connectivity index (χ1v) is 6.51. The molecule has 1 aliphatic heterocycles. The predicted molar refractivity (Wildman–Crippen MR) is 61.0 cm³/mol.